The summed E-state index contributed by atoms with van der Waals surface area (Å²) >= 11 is 0. The zero-order chi connectivity index (χ0) is 17.3. The third kappa shape index (κ3) is 4.72. The van der Waals surface area contributed by atoms with E-state index >= 15 is 0 Å². The van der Waals surface area contributed by atoms with Crippen LogP contribution in [0.4, 0.5) is 5.69 Å². The van der Waals surface area contributed by atoms with Gasteiger partial charge in [0, 0.05) is 17.6 Å². The number of anilines is 1. The Kier molecular flexibility index (Phi) is 5.36. The summed E-state index contributed by atoms with van der Waals surface area (Å²) in [5, 5.41) is 2.57. The summed E-state index contributed by atoms with van der Waals surface area (Å²) in [6, 6.07) is 4.21. The molecule has 0 bridgehead atoms. The molecule has 0 unspecified atom stereocenters. The summed E-state index contributed by atoms with van der Waals surface area (Å²) in [7, 11) is -0.646. The Balaban J connectivity index is 3.33. The first kappa shape index (κ1) is 19.0. The first-order chi connectivity index (χ1) is 9.74. The Morgan fingerprint density at radius 3 is 2.23 bits per heavy atom. The van der Waals surface area contributed by atoms with E-state index < -0.39 is 17.4 Å². The fraction of sp³-hybridized carbons (Fsp3) is 0.500. The summed E-state index contributed by atoms with van der Waals surface area (Å²) < 4.78 is 29.0. The van der Waals surface area contributed by atoms with Crippen LogP contribution in [0.15, 0.2) is 23.1 Å². The molecule has 0 fully saturated rings. The number of carbonyl (C=O) groups excluding carboxylic acids is 1. The van der Waals surface area contributed by atoms with Crippen molar-refractivity contribution in [3.63, 3.8) is 0 Å². The van der Waals surface area contributed by atoms with Crippen LogP contribution in [-0.4, -0.2) is 22.6 Å². The SMILES string of the molecule is CC(=O)Nc1cc(S(=O)(=O)Cl)ccc1O[Si](C)(C)C(C)(C)C. The molecule has 1 N–H and O–H groups in total. The molecule has 1 amide bonds. The molecular formula is C14H22ClNO4SSi. The smallest absolute Gasteiger partial charge is 0.261 e. The Bertz CT molecular complexity index is 681. The fourth-order valence-electron chi connectivity index (χ4n) is 1.47. The maximum absolute atomic E-state index is 11.4. The van der Waals surface area contributed by atoms with Gasteiger partial charge in [-0.25, -0.2) is 8.42 Å². The molecule has 8 heteroatoms. The Morgan fingerprint density at radius 2 is 1.82 bits per heavy atom. The second-order valence-electron chi connectivity index (χ2n) is 6.64. The fourth-order valence-corrected chi connectivity index (χ4v) is 3.28. The van der Waals surface area contributed by atoms with Gasteiger partial charge in [0.1, 0.15) is 5.75 Å². The minimum absolute atomic E-state index is 0.0300. The average Bonchev–Trinajstić information content (AvgIpc) is 2.27. The van der Waals surface area contributed by atoms with Gasteiger partial charge in [0.2, 0.25) is 5.91 Å². The summed E-state index contributed by atoms with van der Waals surface area (Å²) in [6.07, 6.45) is 0. The molecule has 1 aromatic rings. The van der Waals surface area contributed by atoms with Crippen LogP contribution in [0.5, 0.6) is 5.75 Å². The van der Waals surface area contributed by atoms with Crippen LogP contribution < -0.4 is 9.74 Å². The van der Waals surface area contributed by atoms with E-state index in [1.54, 1.807) is 0 Å². The summed E-state index contributed by atoms with van der Waals surface area (Å²) in [6.45, 7) is 11.8. The minimum atomic E-state index is -3.87. The van der Waals surface area contributed by atoms with Gasteiger partial charge in [0.15, 0.2) is 0 Å². The molecule has 0 aliphatic rings. The molecule has 5 nitrogen and oxygen atoms in total. The lowest BCUT2D eigenvalue weighted by Gasteiger charge is -2.37. The Hall–Kier alpha value is -1.05. The van der Waals surface area contributed by atoms with Gasteiger partial charge < -0.3 is 9.74 Å². The first-order valence-corrected chi connectivity index (χ1v) is 12.0. The van der Waals surface area contributed by atoms with Crippen LogP contribution >= 0.6 is 10.7 Å². The molecule has 0 heterocycles. The van der Waals surface area contributed by atoms with Gasteiger partial charge in [0.25, 0.3) is 17.4 Å². The number of benzene rings is 1. The lowest BCUT2D eigenvalue weighted by molar-refractivity contribution is -0.114. The predicted octanol–water partition coefficient (Wildman–Crippen LogP) is 3.96. The standard InChI is InChI=1S/C14H22ClNO4SSi/c1-10(17)16-12-9-11(21(15,18)19)7-8-13(12)20-22(5,6)14(2,3)4/h7-9H,1-6H3,(H,16,17). The molecule has 0 aliphatic heterocycles. The summed E-state index contributed by atoms with van der Waals surface area (Å²) in [4.78, 5) is 11.3. The van der Waals surface area contributed by atoms with Crippen molar-refractivity contribution < 1.29 is 17.6 Å². The van der Waals surface area contributed by atoms with E-state index in [1.165, 1.54) is 25.1 Å². The molecule has 1 rings (SSSR count). The van der Waals surface area contributed by atoms with E-state index in [-0.39, 0.29) is 15.8 Å². The molecular weight excluding hydrogens is 342 g/mol. The van der Waals surface area contributed by atoms with Crippen molar-refractivity contribution in [3.8, 4) is 5.75 Å². The Labute approximate surface area is 137 Å². The molecule has 0 saturated carbocycles. The second kappa shape index (κ2) is 6.21. The maximum Gasteiger partial charge on any atom is 0.261 e. The molecule has 0 radical (unpaired) electrons. The van der Waals surface area contributed by atoms with Gasteiger partial charge in [-0.2, -0.15) is 0 Å². The van der Waals surface area contributed by atoms with Crippen molar-refractivity contribution >= 4 is 39.6 Å². The topological polar surface area (TPSA) is 72.5 Å². The third-order valence-electron chi connectivity index (χ3n) is 3.71. The molecule has 0 atom stereocenters. The monoisotopic (exact) mass is 363 g/mol. The van der Waals surface area contributed by atoms with Gasteiger partial charge in [-0.1, -0.05) is 20.8 Å². The molecule has 0 aliphatic carbocycles. The number of carbonyl (C=O) groups is 1. The van der Waals surface area contributed by atoms with E-state index in [4.69, 9.17) is 15.1 Å². The van der Waals surface area contributed by atoms with E-state index in [0.29, 0.717) is 11.4 Å². The molecule has 0 aromatic heterocycles. The van der Waals surface area contributed by atoms with Crippen molar-refractivity contribution in [1.82, 2.24) is 0 Å². The molecule has 22 heavy (non-hydrogen) atoms. The normalized spacial score (nSPS) is 12.9. The summed E-state index contributed by atoms with van der Waals surface area (Å²) in [5.74, 6) is 0.134. The summed E-state index contributed by atoms with van der Waals surface area (Å²) in [5.41, 5.74) is 0.305. The maximum atomic E-state index is 11.4. The zero-order valence-electron chi connectivity index (χ0n) is 13.7. The van der Waals surface area contributed by atoms with E-state index in [1.807, 2.05) is 0 Å². The van der Waals surface area contributed by atoms with Crippen molar-refractivity contribution in [1.29, 1.82) is 0 Å². The van der Waals surface area contributed by atoms with Crippen LogP contribution in [0.25, 0.3) is 0 Å². The van der Waals surface area contributed by atoms with Crippen molar-refractivity contribution in [2.75, 3.05) is 5.32 Å². The highest BCUT2D eigenvalue weighted by Crippen LogP contribution is 2.40. The predicted molar refractivity (Wildman–Crippen MR) is 91.6 cm³/mol. The van der Waals surface area contributed by atoms with Crippen LogP contribution in [0.1, 0.15) is 27.7 Å². The number of hydrogen-bond donors (Lipinski definition) is 1. The van der Waals surface area contributed by atoms with E-state index in [0.717, 1.165) is 0 Å². The lowest BCUT2D eigenvalue weighted by Crippen LogP contribution is -2.44. The zero-order valence-corrected chi connectivity index (χ0v) is 16.2. The highest BCUT2D eigenvalue weighted by Gasteiger charge is 2.39. The number of amides is 1. The Morgan fingerprint density at radius 1 is 1.27 bits per heavy atom. The highest BCUT2D eigenvalue weighted by atomic mass is 35.7. The van der Waals surface area contributed by atoms with Gasteiger partial charge in [-0.3, -0.25) is 4.79 Å². The van der Waals surface area contributed by atoms with Crippen LogP contribution in [0, 0.1) is 0 Å². The van der Waals surface area contributed by atoms with E-state index in [2.05, 4.69) is 39.2 Å². The lowest BCUT2D eigenvalue weighted by atomic mass is 10.2. The largest absolute Gasteiger partial charge is 0.542 e. The van der Waals surface area contributed by atoms with Gasteiger partial charge >= 0.3 is 0 Å². The third-order valence-corrected chi connectivity index (χ3v) is 9.41. The number of hydrogen-bond acceptors (Lipinski definition) is 4. The second-order valence-corrected chi connectivity index (χ2v) is 13.9. The van der Waals surface area contributed by atoms with Crippen LogP contribution in [0.3, 0.4) is 0 Å². The van der Waals surface area contributed by atoms with Crippen molar-refractivity contribution in [2.45, 2.75) is 50.7 Å². The average molecular weight is 364 g/mol. The molecule has 124 valence electrons. The van der Waals surface area contributed by atoms with Crippen LogP contribution in [-0.2, 0) is 13.8 Å². The molecule has 0 spiro atoms. The number of rotatable bonds is 4. The number of nitrogens with one attached hydrogen (secondary N) is 1. The first-order valence-electron chi connectivity index (χ1n) is 6.79. The van der Waals surface area contributed by atoms with E-state index in [9.17, 15) is 13.2 Å². The number of halogens is 1. The van der Waals surface area contributed by atoms with Crippen LogP contribution in [0.2, 0.25) is 18.1 Å². The minimum Gasteiger partial charge on any atom is -0.542 e. The molecule has 0 saturated heterocycles. The molecule has 1 aromatic carbocycles. The van der Waals surface area contributed by atoms with Crippen molar-refractivity contribution in [2.24, 2.45) is 0 Å². The highest BCUT2D eigenvalue weighted by molar-refractivity contribution is 8.13. The van der Waals surface area contributed by atoms with Crippen molar-refractivity contribution in [3.05, 3.63) is 18.2 Å². The quantitative estimate of drug-likeness (QED) is 0.649. The van der Waals surface area contributed by atoms with Gasteiger partial charge in [-0.05, 0) is 36.3 Å². The van der Waals surface area contributed by atoms with Gasteiger partial charge in [-0.15, -0.1) is 0 Å². The van der Waals surface area contributed by atoms with Gasteiger partial charge in [0.05, 0.1) is 10.6 Å².